The summed E-state index contributed by atoms with van der Waals surface area (Å²) >= 11 is 6.18. The molecule has 0 saturated carbocycles. The van der Waals surface area contributed by atoms with Crippen LogP contribution in [0.1, 0.15) is 22.4 Å². The zero-order chi connectivity index (χ0) is 24.2. The van der Waals surface area contributed by atoms with Crippen LogP contribution in [-0.2, 0) is 13.0 Å². The lowest BCUT2D eigenvalue weighted by atomic mass is 10.1. The summed E-state index contributed by atoms with van der Waals surface area (Å²) in [5, 5.41) is 4.57. The summed E-state index contributed by atoms with van der Waals surface area (Å²) in [4.78, 5) is 11.5. The van der Waals surface area contributed by atoms with E-state index in [-0.39, 0.29) is 12.4 Å². The molecule has 0 bridgehead atoms. The highest BCUT2D eigenvalue weighted by Gasteiger charge is 2.10. The summed E-state index contributed by atoms with van der Waals surface area (Å²) in [6.45, 7) is 4.41. The molecule has 7 heteroatoms. The first-order valence-corrected chi connectivity index (χ1v) is 11.4. The van der Waals surface area contributed by atoms with Crippen LogP contribution in [-0.4, -0.2) is 15.0 Å². The summed E-state index contributed by atoms with van der Waals surface area (Å²) < 4.78 is 20.3. The van der Waals surface area contributed by atoms with Crippen molar-refractivity contribution in [3.63, 3.8) is 0 Å². The van der Waals surface area contributed by atoms with E-state index >= 15 is 0 Å². The number of fused-ring (bicyclic) bond motifs is 1. The lowest BCUT2D eigenvalue weighted by molar-refractivity contribution is 0.480. The molecule has 0 fully saturated rings. The zero-order valence-electron chi connectivity index (χ0n) is 18.8. The van der Waals surface area contributed by atoms with E-state index in [2.05, 4.69) is 26.8 Å². The van der Waals surface area contributed by atoms with Crippen LogP contribution in [0.15, 0.2) is 92.0 Å². The Bertz CT molecular complexity index is 1480. The summed E-state index contributed by atoms with van der Waals surface area (Å²) in [5.41, 5.74) is 4.78. The Kier molecular flexibility index (Phi) is 6.46. The van der Waals surface area contributed by atoms with Crippen molar-refractivity contribution in [2.45, 2.75) is 13.0 Å². The molecule has 0 unspecified atom stereocenters. The second-order valence-electron chi connectivity index (χ2n) is 8.11. The number of aromatic amines is 1. The van der Waals surface area contributed by atoms with Crippen molar-refractivity contribution in [2.75, 3.05) is 0 Å². The lowest BCUT2D eigenvalue weighted by Crippen LogP contribution is -2.12. The summed E-state index contributed by atoms with van der Waals surface area (Å²) in [6.07, 6.45) is 7.45. The first-order chi connectivity index (χ1) is 17.0. The molecular formula is C28H22ClFN4O. The van der Waals surface area contributed by atoms with E-state index in [9.17, 15) is 4.39 Å². The fourth-order valence-electron chi connectivity index (χ4n) is 3.78. The second-order valence-corrected chi connectivity index (χ2v) is 8.51. The molecule has 0 aliphatic rings. The number of pyridine rings is 2. The number of nitrogens with zero attached hydrogens (tertiary/aromatic N) is 2. The normalized spacial score (nSPS) is 10.9. The molecule has 3 aromatic heterocycles. The SMILES string of the molecule is C=C(NCc1cc2c(Cl)c[nH]c2cc1F)c1ccnc(Cc2ccc(Oc3cccnc3)cc2)c1. The van der Waals surface area contributed by atoms with Crippen molar-refractivity contribution in [2.24, 2.45) is 0 Å². The number of halogens is 2. The van der Waals surface area contributed by atoms with Gasteiger partial charge in [-0.25, -0.2) is 4.39 Å². The van der Waals surface area contributed by atoms with Gasteiger partial charge in [-0.1, -0.05) is 30.3 Å². The van der Waals surface area contributed by atoms with Crippen LogP contribution in [0.3, 0.4) is 0 Å². The number of benzene rings is 2. The van der Waals surface area contributed by atoms with E-state index in [0.29, 0.717) is 34.0 Å². The van der Waals surface area contributed by atoms with Crippen LogP contribution in [0.4, 0.5) is 4.39 Å². The molecule has 0 atom stereocenters. The molecule has 0 aliphatic carbocycles. The molecule has 5 nitrogen and oxygen atoms in total. The monoisotopic (exact) mass is 484 g/mol. The summed E-state index contributed by atoms with van der Waals surface area (Å²) in [5.74, 6) is 1.13. The third-order valence-electron chi connectivity index (χ3n) is 5.63. The fourth-order valence-corrected chi connectivity index (χ4v) is 3.99. The number of nitrogens with one attached hydrogen (secondary N) is 2. The van der Waals surface area contributed by atoms with Gasteiger partial charge in [-0.2, -0.15) is 0 Å². The summed E-state index contributed by atoms with van der Waals surface area (Å²) in [6, 6.07) is 18.6. The van der Waals surface area contributed by atoms with E-state index < -0.39 is 0 Å². The van der Waals surface area contributed by atoms with Crippen LogP contribution in [0.25, 0.3) is 16.6 Å². The van der Waals surface area contributed by atoms with Gasteiger partial charge in [0.25, 0.3) is 0 Å². The van der Waals surface area contributed by atoms with E-state index in [1.165, 1.54) is 6.07 Å². The van der Waals surface area contributed by atoms with Crippen LogP contribution in [0.2, 0.25) is 5.02 Å². The predicted octanol–water partition coefficient (Wildman–Crippen LogP) is 6.89. The van der Waals surface area contributed by atoms with E-state index in [4.69, 9.17) is 16.3 Å². The largest absolute Gasteiger partial charge is 0.456 e. The van der Waals surface area contributed by atoms with Gasteiger partial charge < -0.3 is 15.0 Å². The van der Waals surface area contributed by atoms with Crippen molar-refractivity contribution in [3.05, 3.63) is 125 Å². The average Bonchev–Trinajstić information content (AvgIpc) is 3.23. The molecule has 0 aliphatic heterocycles. The minimum Gasteiger partial charge on any atom is -0.456 e. The highest BCUT2D eigenvalue weighted by molar-refractivity contribution is 6.35. The molecule has 5 rings (SSSR count). The Hall–Kier alpha value is -4.16. The van der Waals surface area contributed by atoms with Gasteiger partial charge in [-0.3, -0.25) is 9.97 Å². The van der Waals surface area contributed by atoms with Crippen LogP contribution in [0, 0.1) is 5.82 Å². The molecule has 0 radical (unpaired) electrons. The van der Waals surface area contributed by atoms with Crippen LogP contribution >= 0.6 is 11.6 Å². The van der Waals surface area contributed by atoms with Crippen molar-refractivity contribution in [3.8, 4) is 11.5 Å². The number of aromatic nitrogens is 3. The average molecular weight is 485 g/mol. The molecular weight excluding hydrogens is 463 g/mol. The van der Waals surface area contributed by atoms with Gasteiger partial charge in [0.15, 0.2) is 0 Å². The van der Waals surface area contributed by atoms with Gasteiger partial charge in [-0.15, -0.1) is 0 Å². The van der Waals surface area contributed by atoms with Gasteiger partial charge in [0, 0.05) is 65.0 Å². The molecule has 0 amide bonds. The van der Waals surface area contributed by atoms with Crippen molar-refractivity contribution in [1.82, 2.24) is 20.3 Å². The van der Waals surface area contributed by atoms with Gasteiger partial charge in [0.2, 0.25) is 0 Å². The van der Waals surface area contributed by atoms with Gasteiger partial charge in [0.1, 0.15) is 17.3 Å². The van der Waals surface area contributed by atoms with Crippen molar-refractivity contribution >= 4 is 28.2 Å². The highest BCUT2D eigenvalue weighted by atomic mass is 35.5. The third kappa shape index (κ3) is 5.34. The topological polar surface area (TPSA) is 62.8 Å². The van der Waals surface area contributed by atoms with Crippen molar-refractivity contribution in [1.29, 1.82) is 0 Å². The van der Waals surface area contributed by atoms with Crippen LogP contribution in [0.5, 0.6) is 11.5 Å². The highest BCUT2D eigenvalue weighted by Crippen LogP contribution is 2.26. The minimum absolute atomic E-state index is 0.290. The van der Waals surface area contributed by atoms with Crippen molar-refractivity contribution < 1.29 is 9.13 Å². The van der Waals surface area contributed by atoms with E-state index in [1.807, 2.05) is 48.5 Å². The smallest absolute Gasteiger partial charge is 0.145 e. The zero-order valence-corrected chi connectivity index (χ0v) is 19.5. The molecule has 174 valence electrons. The minimum atomic E-state index is -0.303. The molecule has 5 aromatic rings. The van der Waals surface area contributed by atoms with Gasteiger partial charge in [0.05, 0.1) is 11.2 Å². The number of H-pyrrole nitrogens is 1. The van der Waals surface area contributed by atoms with E-state index in [1.54, 1.807) is 30.9 Å². The Balaban J connectivity index is 1.23. The maximum atomic E-state index is 14.5. The van der Waals surface area contributed by atoms with Gasteiger partial charge in [-0.05, 0) is 54.1 Å². The quantitative estimate of drug-likeness (QED) is 0.251. The molecule has 0 saturated heterocycles. The molecule has 2 aromatic carbocycles. The first-order valence-electron chi connectivity index (χ1n) is 11.0. The standard InChI is InChI=1S/C28H22ClFN4O/c1-18(33-15-21-13-25-26(29)17-34-28(25)14-27(21)30)20-8-10-32-22(12-20)11-19-4-6-23(7-5-19)35-24-3-2-9-31-16-24/h2-10,12-14,16-17,33-34H,1,11,15H2. The van der Waals surface area contributed by atoms with Gasteiger partial charge >= 0.3 is 0 Å². The predicted molar refractivity (Wildman–Crippen MR) is 137 cm³/mol. The Morgan fingerprint density at radius 3 is 2.71 bits per heavy atom. The number of rotatable bonds is 8. The summed E-state index contributed by atoms with van der Waals surface area (Å²) in [7, 11) is 0. The fraction of sp³-hybridized carbons (Fsp3) is 0.0714. The first kappa shape index (κ1) is 22.6. The van der Waals surface area contributed by atoms with E-state index in [0.717, 1.165) is 28.0 Å². The molecule has 3 heterocycles. The molecule has 35 heavy (non-hydrogen) atoms. The maximum absolute atomic E-state index is 14.5. The number of ether oxygens (including phenoxy) is 1. The molecule has 2 N–H and O–H groups in total. The second kappa shape index (κ2) is 9.99. The maximum Gasteiger partial charge on any atom is 0.145 e. The Labute approximate surface area is 207 Å². The number of hydrogen-bond acceptors (Lipinski definition) is 4. The molecule has 0 spiro atoms. The Morgan fingerprint density at radius 2 is 1.91 bits per heavy atom. The van der Waals surface area contributed by atoms with Crippen LogP contribution < -0.4 is 10.1 Å². The Morgan fingerprint density at radius 1 is 1.06 bits per heavy atom. The number of hydrogen-bond donors (Lipinski definition) is 2. The third-order valence-corrected chi connectivity index (χ3v) is 5.95. The lowest BCUT2D eigenvalue weighted by Gasteiger charge is -2.12.